The van der Waals surface area contributed by atoms with Crippen LogP contribution in [-0.2, 0) is 14.8 Å². The van der Waals surface area contributed by atoms with Gasteiger partial charge in [0.2, 0.25) is 15.9 Å². The van der Waals surface area contributed by atoms with Crippen molar-refractivity contribution in [1.82, 2.24) is 4.72 Å². The van der Waals surface area contributed by atoms with E-state index in [1.165, 1.54) is 19.1 Å². The molecule has 1 aromatic carbocycles. The Hall–Kier alpha value is -1.44. The molecular formula is C13H21N3O3S. The summed E-state index contributed by atoms with van der Waals surface area (Å²) in [6.45, 7) is 6.74. The number of hydrogen-bond donors (Lipinski definition) is 3. The number of nitrogens with one attached hydrogen (secondary N) is 2. The lowest BCUT2D eigenvalue weighted by molar-refractivity contribution is -0.114. The molecule has 7 heteroatoms. The monoisotopic (exact) mass is 299 g/mol. The third kappa shape index (κ3) is 4.92. The Morgan fingerprint density at radius 1 is 1.35 bits per heavy atom. The van der Waals surface area contributed by atoms with Gasteiger partial charge in [0, 0.05) is 24.7 Å². The van der Waals surface area contributed by atoms with Gasteiger partial charge in [-0.05, 0) is 38.5 Å². The Morgan fingerprint density at radius 2 is 1.95 bits per heavy atom. The second-order valence-corrected chi connectivity index (χ2v) is 7.24. The highest BCUT2D eigenvalue weighted by atomic mass is 32.2. The molecular weight excluding hydrogens is 278 g/mol. The Labute approximate surface area is 119 Å². The van der Waals surface area contributed by atoms with E-state index in [1.54, 1.807) is 26.8 Å². The first-order chi connectivity index (χ1) is 9.01. The van der Waals surface area contributed by atoms with Crippen LogP contribution in [0.1, 0.15) is 26.3 Å². The normalized spacial score (nSPS) is 12.2. The molecule has 0 spiro atoms. The van der Waals surface area contributed by atoms with Crippen LogP contribution in [0.5, 0.6) is 0 Å². The van der Waals surface area contributed by atoms with E-state index in [2.05, 4.69) is 10.0 Å². The van der Waals surface area contributed by atoms with E-state index in [1.807, 2.05) is 0 Å². The lowest BCUT2D eigenvalue weighted by Gasteiger charge is -2.19. The van der Waals surface area contributed by atoms with Gasteiger partial charge in [-0.2, -0.15) is 0 Å². The van der Waals surface area contributed by atoms with E-state index < -0.39 is 15.6 Å². The number of nitrogens with two attached hydrogens (primary N) is 1. The SMILES string of the molecule is CC(=O)Nc1cc(S(=O)(=O)NCC(C)(C)N)ccc1C. The molecule has 20 heavy (non-hydrogen) atoms. The van der Waals surface area contributed by atoms with Gasteiger partial charge in [-0.1, -0.05) is 6.07 Å². The van der Waals surface area contributed by atoms with Crippen LogP contribution in [0.2, 0.25) is 0 Å². The minimum Gasteiger partial charge on any atom is -0.326 e. The molecule has 0 saturated heterocycles. The molecule has 0 aromatic heterocycles. The molecule has 0 aliphatic carbocycles. The summed E-state index contributed by atoms with van der Waals surface area (Å²) in [4.78, 5) is 11.2. The van der Waals surface area contributed by atoms with Gasteiger partial charge < -0.3 is 11.1 Å². The van der Waals surface area contributed by atoms with Crippen molar-refractivity contribution in [2.45, 2.75) is 38.1 Å². The highest BCUT2D eigenvalue weighted by molar-refractivity contribution is 7.89. The fourth-order valence-electron chi connectivity index (χ4n) is 1.46. The molecule has 4 N–H and O–H groups in total. The molecule has 0 heterocycles. The van der Waals surface area contributed by atoms with Gasteiger partial charge >= 0.3 is 0 Å². The number of hydrogen-bond acceptors (Lipinski definition) is 4. The number of carbonyl (C=O) groups excluding carboxylic acids is 1. The summed E-state index contributed by atoms with van der Waals surface area (Å²) in [6, 6.07) is 4.57. The number of benzene rings is 1. The van der Waals surface area contributed by atoms with Crippen LogP contribution in [0, 0.1) is 6.92 Å². The highest BCUT2D eigenvalue weighted by Crippen LogP contribution is 2.20. The predicted molar refractivity (Wildman–Crippen MR) is 78.9 cm³/mol. The summed E-state index contributed by atoms with van der Waals surface area (Å²) < 4.78 is 26.7. The molecule has 0 aliphatic heterocycles. The van der Waals surface area contributed by atoms with Crippen LogP contribution < -0.4 is 15.8 Å². The number of aryl methyl sites for hydroxylation is 1. The average molecular weight is 299 g/mol. The molecule has 0 saturated carbocycles. The third-order valence-electron chi connectivity index (χ3n) is 2.55. The van der Waals surface area contributed by atoms with Crippen LogP contribution in [0.15, 0.2) is 23.1 Å². The maximum atomic E-state index is 12.1. The summed E-state index contributed by atoms with van der Waals surface area (Å²) in [5.41, 5.74) is 6.39. The second-order valence-electron chi connectivity index (χ2n) is 5.47. The number of amides is 1. The lowest BCUT2D eigenvalue weighted by atomic mass is 10.1. The molecule has 0 bridgehead atoms. The molecule has 0 radical (unpaired) electrons. The van der Waals surface area contributed by atoms with Crippen LogP contribution in [0.3, 0.4) is 0 Å². The van der Waals surface area contributed by atoms with E-state index in [0.29, 0.717) is 5.69 Å². The first kappa shape index (κ1) is 16.6. The lowest BCUT2D eigenvalue weighted by Crippen LogP contribution is -2.45. The van der Waals surface area contributed by atoms with Gasteiger partial charge in [0.05, 0.1) is 4.90 Å². The zero-order valence-electron chi connectivity index (χ0n) is 12.1. The van der Waals surface area contributed by atoms with Crippen molar-refractivity contribution in [3.05, 3.63) is 23.8 Å². The average Bonchev–Trinajstić information content (AvgIpc) is 2.28. The topological polar surface area (TPSA) is 101 Å². The summed E-state index contributed by atoms with van der Waals surface area (Å²) >= 11 is 0. The molecule has 112 valence electrons. The number of rotatable bonds is 5. The molecule has 1 amide bonds. The Kier molecular flexibility index (Phi) is 4.90. The van der Waals surface area contributed by atoms with E-state index >= 15 is 0 Å². The van der Waals surface area contributed by atoms with Crippen molar-refractivity contribution in [2.75, 3.05) is 11.9 Å². The maximum absolute atomic E-state index is 12.1. The van der Waals surface area contributed by atoms with Gasteiger partial charge in [0.25, 0.3) is 0 Å². The molecule has 0 aliphatic rings. The Bertz CT molecular complexity index is 604. The predicted octanol–water partition coefficient (Wildman–Crippen LogP) is 0.969. The Balaban J connectivity index is 3.04. The van der Waals surface area contributed by atoms with Crippen LogP contribution in [0.4, 0.5) is 5.69 Å². The van der Waals surface area contributed by atoms with Crippen LogP contribution in [0.25, 0.3) is 0 Å². The first-order valence-corrected chi connectivity index (χ1v) is 7.66. The smallest absolute Gasteiger partial charge is 0.240 e. The summed E-state index contributed by atoms with van der Waals surface area (Å²) in [7, 11) is -3.65. The van der Waals surface area contributed by atoms with E-state index in [0.717, 1.165) is 5.56 Å². The Morgan fingerprint density at radius 3 is 2.45 bits per heavy atom. The van der Waals surface area contributed by atoms with Crippen molar-refractivity contribution in [3.8, 4) is 0 Å². The van der Waals surface area contributed by atoms with Crippen molar-refractivity contribution in [1.29, 1.82) is 0 Å². The van der Waals surface area contributed by atoms with Gasteiger partial charge in [-0.15, -0.1) is 0 Å². The maximum Gasteiger partial charge on any atom is 0.240 e. The zero-order valence-corrected chi connectivity index (χ0v) is 13.0. The molecule has 0 unspecified atom stereocenters. The quantitative estimate of drug-likeness (QED) is 0.754. The first-order valence-electron chi connectivity index (χ1n) is 6.18. The fourth-order valence-corrected chi connectivity index (χ4v) is 2.71. The number of anilines is 1. The van der Waals surface area contributed by atoms with E-state index in [9.17, 15) is 13.2 Å². The van der Waals surface area contributed by atoms with Crippen LogP contribution >= 0.6 is 0 Å². The van der Waals surface area contributed by atoms with Crippen molar-refractivity contribution < 1.29 is 13.2 Å². The van der Waals surface area contributed by atoms with Crippen molar-refractivity contribution in [2.24, 2.45) is 5.73 Å². The van der Waals surface area contributed by atoms with Gasteiger partial charge in [-0.3, -0.25) is 4.79 Å². The van der Waals surface area contributed by atoms with Gasteiger partial charge in [0.1, 0.15) is 0 Å². The largest absolute Gasteiger partial charge is 0.326 e. The molecule has 6 nitrogen and oxygen atoms in total. The second kappa shape index (κ2) is 5.90. The molecule has 1 rings (SSSR count). The highest BCUT2D eigenvalue weighted by Gasteiger charge is 2.19. The molecule has 0 atom stereocenters. The zero-order chi connectivity index (χ0) is 15.6. The standard InChI is InChI=1S/C13H21N3O3S/c1-9-5-6-11(7-12(9)16-10(2)17)20(18,19)15-8-13(3,4)14/h5-7,15H,8,14H2,1-4H3,(H,16,17). The number of carbonyl (C=O) groups is 1. The van der Waals surface area contributed by atoms with Gasteiger partial charge in [-0.25, -0.2) is 13.1 Å². The van der Waals surface area contributed by atoms with Crippen LogP contribution in [-0.4, -0.2) is 26.4 Å². The molecule has 1 aromatic rings. The van der Waals surface area contributed by atoms with Crippen molar-refractivity contribution >= 4 is 21.6 Å². The number of sulfonamides is 1. The van der Waals surface area contributed by atoms with E-state index in [4.69, 9.17) is 5.73 Å². The van der Waals surface area contributed by atoms with Crippen molar-refractivity contribution in [3.63, 3.8) is 0 Å². The van der Waals surface area contributed by atoms with E-state index in [-0.39, 0.29) is 17.3 Å². The summed E-state index contributed by atoms with van der Waals surface area (Å²) in [6.07, 6.45) is 0. The minimum absolute atomic E-state index is 0.0936. The van der Waals surface area contributed by atoms with Gasteiger partial charge in [0.15, 0.2) is 0 Å². The minimum atomic E-state index is -3.65. The summed E-state index contributed by atoms with van der Waals surface area (Å²) in [5.74, 6) is -0.251. The molecule has 0 fully saturated rings. The third-order valence-corrected chi connectivity index (χ3v) is 3.95. The fraction of sp³-hybridized carbons (Fsp3) is 0.462. The summed E-state index contributed by atoms with van der Waals surface area (Å²) in [5, 5.41) is 2.60.